The second-order valence-corrected chi connectivity index (χ2v) is 2.26. The van der Waals surface area contributed by atoms with Gasteiger partial charge in [-0.05, 0) is 18.6 Å². The van der Waals surface area contributed by atoms with Gasteiger partial charge in [0.1, 0.15) is 5.75 Å². The molecule has 0 aromatic heterocycles. The van der Waals surface area contributed by atoms with Crippen LogP contribution < -0.4 is 0 Å². The Morgan fingerprint density at radius 2 is 1.92 bits per heavy atom. The zero-order valence-corrected chi connectivity index (χ0v) is 7.20. The second-order valence-electron chi connectivity index (χ2n) is 2.26. The monoisotopic (exact) mass is 166 g/mol. The summed E-state index contributed by atoms with van der Waals surface area (Å²) in [6.45, 7) is 5.18. The van der Waals surface area contributed by atoms with Gasteiger partial charge >= 0.3 is 0 Å². The molecular weight excluding hydrogens is 152 g/mol. The molecule has 12 heavy (non-hydrogen) atoms. The number of aliphatic hydroxyl groups is 1. The van der Waals surface area contributed by atoms with Crippen LogP contribution in [0.15, 0.2) is 36.9 Å². The summed E-state index contributed by atoms with van der Waals surface area (Å²) in [6, 6.07) is 7.25. The standard InChI is InChI=1S/C7H8O.C3H6O/c1-6-4-2-3-5-7(6)8;1-2-3-4/h2-5,8H,1H3;2,4H,1,3H2. The Balaban J connectivity index is 0.000000261. The van der Waals surface area contributed by atoms with E-state index in [9.17, 15) is 0 Å². The maximum absolute atomic E-state index is 8.92. The summed E-state index contributed by atoms with van der Waals surface area (Å²) in [5, 5.41) is 16.7. The SMILES string of the molecule is C=CCO.Cc1ccccc1O. The Bertz CT molecular complexity index is 210. The molecule has 0 fully saturated rings. The van der Waals surface area contributed by atoms with Crippen LogP contribution in [0.4, 0.5) is 0 Å². The van der Waals surface area contributed by atoms with Gasteiger partial charge in [0, 0.05) is 0 Å². The molecule has 0 heterocycles. The molecule has 0 amide bonds. The van der Waals surface area contributed by atoms with Crippen molar-refractivity contribution in [3.05, 3.63) is 42.5 Å². The number of rotatable bonds is 1. The quantitative estimate of drug-likeness (QED) is 0.625. The van der Waals surface area contributed by atoms with Gasteiger partial charge in [0.25, 0.3) is 0 Å². The summed E-state index contributed by atoms with van der Waals surface area (Å²) < 4.78 is 0. The van der Waals surface area contributed by atoms with E-state index >= 15 is 0 Å². The van der Waals surface area contributed by atoms with Crippen molar-refractivity contribution < 1.29 is 10.2 Å². The molecule has 1 rings (SSSR count). The molecule has 0 aliphatic heterocycles. The number of phenols is 1. The van der Waals surface area contributed by atoms with Gasteiger partial charge < -0.3 is 10.2 Å². The van der Waals surface area contributed by atoms with Crippen LogP contribution >= 0.6 is 0 Å². The van der Waals surface area contributed by atoms with Crippen molar-refractivity contribution >= 4 is 0 Å². The molecule has 0 spiro atoms. The predicted molar refractivity (Wildman–Crippen MR) is 50.1 cm³/mol. The van der Waals surface area contributed by atoms with E-state index in [1.807, 2.05) is 25.1 Å². The first-order chi connectivity index (χ1) is 5.72. The smallest absolute Gasteiger partial charge is 0.118 e. The Hall–Kier alpha value is -1.28. The van der Waals surface area contributed by atoms with E-state index in [2.05, 4.69) is 6.58 Å². The molecule has 0 unspecified atom stereocenters. The van der Waals surface area contributed by atoms with E-state index in [-0.39, 0.29) is 6.61 Å². The predicted octanol–water partition coefficient (Wildman–Crippen LogP) is 1.87. The number of aromatic hydroxyl groups is 1. The minimum atomic E-state index is 0.0833. The summed E-state index contributed by atoms with van der Waals surface area (Å²) in [6.07, 6.45) is 1.43. The molecule has 0 aliphatic carbocycles. The molecule has 1 aromatic rings. The molecule has 66 valence electrons. The first-order valence-corrected chi connectivity index (χ1v) is 3.68. The maximum atomic E-state index is 8.92. The number of phenolic OH excluding ortho intramolecular Hbond substituents is 1. The third kappa shape index (κ3) is 4.52. The van der Waals surface area contributed by atoms with E-state index in [1.54, 1.807) is 6.07 Å². The van der Waals surface area contributed by atoms with E-state index in [4.69, 9.17) is 10.2 Å². The normalized spacial score (nSPS) is 8.17. The lowest BCUT2D eigenvalue weighted by Gasteiger charge is -1.92. The average molecular weight is 166 g/mol. The van der Waals surface area contributed by atoms with Crippen molar-refractivity contribution in [3.8, 4) is 5.75 Å². The van der Waals surface area contributed by atoms with Crippen LogP contribution in [0.1, 0.15) is 5.56 Å². The summed E-state index contributed by atoms with van der Waals surface area (Å²) in [7, 11) is 0. The highest BCUT2D eigenvalue weighted by Crippen LogP contribution is 2.12. The first kappa shape index (κ1) is 10.7. The van der Waals surface area contributed by atoms with Crippen molar-refractivity contribution in [2.75, 3.05) is 6.61 Å². The molecule has 2 nitrogen and oxygen atoms in total. The third-order valence-electron chi connectivity index (χ3n) is 1.24. The fourth-order valence-corrected chi connectivity index (χ4v) is 0.563. The average Bonchev–Trinajstić information content (AvgIpc) is 2.11. The minimum Gasteiger partial charge on any atom is -0.508 e. The Labute approximate surface area is 72.8 Å². The molecule has 0 radical (unpaired) electrons. The molecule has 0 saturated heterocycles. The fourth-order valence-electron chi connectivity index (χ4n) is 0.563. The number of aryl methyl sites for hydroxylation is 1. The van der Waals surface area contributed by atoms with Crippen LogP contribution in [-0.2, 0) is 0 Å². The van der Waals surface area contributed by atoms with Gasteiger partial charge in [-0.25, -0.2) is 0 Å². The van der Waals surface area contributed by atoms with Gasteiger partial charge in [0.05, 0.1) is 6.61 Å². The van der Waals surface area contributed by atoms with Crippen molar-refractivity contribution in [2.45, 2.75) is 6.92 Å². The fraction of sp³-hybridized carbons (Fsp3) is 0.200. The third-order valence-corrected chi connectivity index (χ3v) is 1.24. The van der Waals surface area contributed by atoms with Gasteiger partial charge in [-0.3, -0.25) is 0 Å². The molecule has 0 saturated carbocycles. The van der Waals surface area contributed by atoms with Crippen LogP contribution in [-0.4, -0.2) is 16.8 Å². The molecule has 1 aromatic carbocycles. The molecule has 0 aliphatic rings. The van der Waals surface area contributed by atoms with Gasteiger partial charge in [-0.15, -0.1) is 6.58 Å². The highest BCUT2D eigenvalue weighted by molar-refractivity contribution is 5.29. The lowest BCUT2D eigenvalue weighted by molar-refractivity contribution is 0.343. The van der Waals surface area contributed by atoms with E-state index in [0.717, 1.165) is 5.56 Å². The summed E-state index contributed by atoms with van der Waals surface area (Å²) >= 11 is 0. The number of para-hydroxylation sites is 1. The first-order valence-electron chi connectivity index (χ1n) is 3.68. The van der Waals surface area contributed by atoms with Crippen LogP contribution in [0.2, 0.25) is 0 Å². The van der Waals surface area contributed by atoms with Gasteiger partial charge in [0.15, 0.2) is 0 Å². The zero-order valence-electron chi connectivity index (χ0n) is 7.20. The number of hydrogen-bond donors (Lipinski definition) is 2. The summed E-state index contributed by atoms with van der Waals surface area (Å²) in [4.78, 5) is 0. The van der Waals surface area contributed by atoms with E-state index < -0.39 is 0 Å². The van der Waals surface area contributed by atoms with Crippen LogP contribution in [0, 0.1) is 6.92 Å². The lowest BCUT2D eigenvalue weighted by atomic mass is 10.2. The van der Waals surface area contributed by atoms with Crippen LogP contribution in [0.25, 0.3) is 0 Å². The lowest BCUT2D eigenvalue weighted by Crippen LogP contribution is -1.68. The van der Waals surface area contributed by atoms with Crippen LogP contribution in [0.5, 0.6) is 5.75 Å². The molecular formula is C10H14O2. The minimum absolute atomic E-state index is 0.0833. The highest BCUT2D eigenvalue weighted by atomic mass is 16.3. The summed E-state index contributed by atoms with van der Waals surface area (Å²) in [5.74, 6) is 0.368. The van der Waals surface area contributed by atoms with Gasteiger partial charge in [0.2, 0.25) is 0 Å². The van der Waals surface area contributed by atoms with Gasteiger partial charge in [-0.2, -0.15) is 0 Å². The highest BCUT2D eigenvalue weighted by Gasteiger charge is 1.86. The molecule has 2 heteroatoms. The second kappa shape index (κ2) is 6.43. The van der Waals surface area contributed by atoms with Crippen molar-refractivity contribution in [1.29, 1.82) is 0 Å². The molecule has 2 N–H and O–H groups in total. The topological polar surface area (TPSA) is 40.5 Å². The van der Waals surface area contributed by atoms with Gasteiger partial charge in [-0.1, -0.05) is 24.3 Å². The van der Waals surface area contributed by atoms with Crippen molar-refractivity contribution in [1.82, 2.24) is 0 Å². The largest absolute Gasteiger partial charge is 0.508 e. The maximum Gasteiger partial charge on any atom is 0.118 e. The van der Waals surface area contributed by atoms with E-state index in [0.29, 0.717) is 5.75 Å². The van der Waals surface area contributed by atoms with Crippen molar-refractivity contribution in [2.24, 2.45) is 0 Å². The molecule has 0 bridgehead atoms. The number of benzene rings is 1. The summed E-state index contributed by atoms with van der Waals surface area (Å²) in [5.41, 5.74) is 0.924. The molecule has 0 atom stereocenters. The van der Waals surface area contributed by atoms with E-state index in [1.165, 1.54) is 6.08 Å². The Morgan fingerprint density at radius 3 is 2.17 bits per heavy atom. The zero-order chi connectivity index (χ0) is 9.40. The van der Waals surface area contributed by atoms with Crippen molar-refractivity contribution in [3.63, 3.8) is 0 Å². The Morgan fingerprint density at radius 1 is 1.42 bits per heavy atom. The number of aliphatic hydroxyl groups excluding tert-OH is 1. The number of hydrogen-bond acceptors (Lipinski definition) is 2. The van der Waals surface area contributed by atoms with Crippen LogP contribution in [0.3, 0.4) is 0 Å². The Kier molecular flexibility index (Phi) is 5.75.